The first-order valence-electron chi connectivity index (χ1n) is 6.16. The summed E-state index contributed by atoms with van der Waals surface area (Å²) in [5.74, 6) is -0.512. The van der Waals surface area contributed by atoms with Crippen molar-refractivity contribution >= 4 is 17.0 Å². The fourth-order valence-electron chi connectivity index (χ4n) is 1.60. The predicted molar refractivity (Wildman–Crippen MR) is 77.2 cm³/mol. The van der Waals surface area contributed by atoms with Crippen molar-refractivity contribution < 1.29 is 13.9 Å². The third-order valence-electron chi connectivity index (χ3n) is 2.78. The van der Waals surface area contributed by atoms with Gasteiger partial charge in [0.15, 0.2) is 0 Å². The van der Waals surface area contributed by atoms with Gasteiger partial charge in [0.25, 0.3) is 5.69 Å². The number of nitro groups is 1. The Morgan fingerprint density at radius 2 is 1.95 bits per heavy atom. The monoisotopic (exact) mass is 302 g/mol. The lowest BCUT2D eigenvalue weighted by atomic mass is 10.0. The lowest BCUT2D eigenvalue weighted by Crippen LogP contribution is -2.40. The van der Waals surface area contributed by atoms with Crippen molar-refractivity contribution in [3.63, 3.8) is 0 Å². The van der Waals surface area contributed by atoms with Crippen LogP contribution in [0.1, 0.15) is 44.9 Å². The van der Waals surface area contributed by atoms with Crippen LogP contribution in [0.3, 0.4) is 0 Å². The number of hydrogen-bond donors (Lipinski definition) is 1. The summed E-state index contributed by atoms with van der Waals surface area (Å²) in [4.78, 5) is 10.3. The van der Waals surface area contributed by atoms with Gasteiger partial charge in [-0.25, -0.2) is 4.39 Å². The topological polar surface area (TPSA) is 78.2 Å². The van der Waals surface area contributed by atoms with E-state index in [1.54, 1.807) is 27.7 Å². The SMILES string of the molecule is Cc1cc([N+](=O)[O-])cc([C@H](C)N[S+]([O-])C(C)(C)C)c1F. The molecule has 0 aromatic heterocycles. The van der Waals surface area contributed by atoms with Crippen LogP contribution in [-0.2, 0) is 11.4 Å². The molecule has 0 radical (unpaired) electrons. The van der Waals surface area contributed by atoms with E-state index in [1.165, 1.54) is 19.1 Å². The van der Waals surface area contributed by atoms with E-state index >= 15 is 0 Å². The van der Waals surface area contributed by atoms with E-state index in [2.05, 4.69) is 4.72 Å². The third-order valence-corrected chi connectivity index (χ3v) is 4.46. The third kappa shape index (κ3) is 3.91. The highest BCUT2D eigenvalue weighted by Gasteiger charge is 2.30. The summed E-state index contributed by atoms with van der Waals surface area (Å²) in [6.45, 7) is 8.47. The van der Waals surface area contributed by atoms with E-state index in [1.807, 2.05) is 0 Å². The molecule has 0 heterocycles. The molecular weight excluding hydrogens is 283 g/mol. The van der Waals surface area contributed by atoms with Gasteiger partial charge < -0.3 is 4.55 Å². The van der Waals surface area contributed by atoms with Crippen molar-refractivity contribution in [2.45, 2.75) is 45.4 Å². The molecule has 0 aliphatic carbocycles. The molecule has 1 unspecified atom stereocenters. The Kier molecular flexibility index (Phi) is 5.12. The number of nitrogens with one attached hydrogen (secondary N) is 1. The fraction of sp³-hybridized carbons (Fsp3) is 0.538. The average molecular weight is 302 g/mol. The summed E-state index contributed by atoms with van der Waals surface area (Å²) < 4.78 is 28.4. The van der Waals surface area contributed by atoms with E-state index in [9.17, 15) is 19.1 Å². The van der Waals surface area contributed by atoms with E-state index in [-0.39, 0.29) is 16.8 Å². The van der Waals surface area contributed by atoms with Crippen molar-refractivity contribution in [1.29, 1.82) is 0 Å². The molecule has 1 aromatic carbocycles. The Balaban J connectivity index is 3.09. The van der Waals surface area contributed by atoms with Crippen LogP contribution in [0.25, 0.3) is 0 Å². The Bertz CT molecular complexity index is 517. The van der Waals surface area contributed by atoms with Crippen molar-refractivity contribution in [3.8, 4) is 0 Å². The van der Waals surface area contributed by atoms with Gasteiger partial charge in [0.05, 0.1) is 11.0 Å². The Morgan fingerprint density at radius 3 is 2.40 bits per heavy atom. The Hall–Kier alpha value is -1.18. The van der Waals surface area contributed by atoms with Gasteiger partial charge >= 0.3 is 0 Å². The first-order chi connectivity index (χ1) is 9.04. The molecule has 112 valence electrons. The van der Waals surface area contributed by atoms with Gasteiger partial charge in [0, 0.05) is 29.1 Å². The van der Waals surface area contributed by atoms with Crippen LogP contribution in [0.15, 0.2) is 12.1 Å². The van der Waals surface area contributed by atoms with Crippen molar-refractivity contribution in [1.82, 2.24) is 4.72 Å². The normalized spacial score (nSPS) is 14.9. The molecule has 0 spiro atoms. The molecule has 7 heteroatoms. The van der Waals surface area contributed by atoms with E-state index < -0.39 is 32.9 Å². The van der Waals surface area contributed by atoms with Gasteiger partial charge in [-0.3, -0.25) is 10.1 Å². The number of benzene rings is 1. The van der Waals surface area contributed by atoms with Crippen LogP contribution in [0.2, 0.25) is 0 Å². The quantitative estimate of drug-likeness (QED) is 0.526. The predicted octanol–water partition coefficient (Wildman–Crippen LogP) is 3.16. The number of halogens is 1. The van der Waals surface area contributed by atoms with Crippen molar-refractivity contribution in [2.24, 2.45) is 0 Å². The number of non-ortho nitro benzene ring substituents is 1. The minimum Gasteiger partial charge on any atom is -0.598 e. The van der Waals surface area contributed by atoms with Gasteiger partial charge in [-0.1, -0.05) is 0 Å². The minimum atomic E-state index is -1.39. The molecule has 0 saturated heterocycles. The fourth-order valence-corrected chi connectivity index (χ4v) is 2.40. The maximum Gasteiger partial charge on any atom is 0.270 e. The zero-order chi connectivity index (χ0) is 15.7. The molecule has 0 saturated carbocycles. The maximum absolute atomic E-state index is 14.1. The Morgan fingerprint density at radius 1 is 1.40 bits per heavy atom. The van der Waals surface area contributed by atoms with E-state index in [4.69, 9.17) is 0 Å². The van der Waals surface area contributed by atoms with Gasteiger partial charge in [-0.2, -0.15) is 0 Å². The number of nitro benzene ring substituents is 1. The second-order valence-electron chi connectivity index (χ2n) is 5.64. The van der Waals surface area contributed by atoms with Crippen molar-refractivity contribution in [3.05, 3.63) is 39.2 Å². The summed E-state index contributed by atoms with van der Waals surface area (Å²) >= 11 is -1.39. The zero-order valence-corrected chi connectivity index (χ0v) is 13.0. The van der Waals surface area contributed by atoms with Gasteiger partial charge in [0.2, 0.25) is 0 Å². The molecule has 20 heavy (non-hydrogen) atoms. The van der Waals surface area contributed by atoms with Crippen LogP contribution in [-0.4, -0.2) is 14.2 Å². The summed E-state index contributed by atoms with van der Waals surface area (Å²) in [6, 6.07) is 1.78. The summed E-state index contributed by atoms with van der Waals surface area (Å²) in [7, 11) is 0. The number of rotatable bonds is 4. The number of aryl methyl sites for hydroxylation is 1. The van der Waals surface area contributed by atoms with Gasteiger partial charge in [-0.15, -0.1) is 4.72 Å². The van der Waals surface area contributed by atoms with Gasteiger partial charge in [-0.05, 0) is 40.2 Å². The molecule has 5 nitrogen and oxygen atoms in total. The van der Waals surface area contributed by atoms with Crippen LogP contribution in [0.4, 0.5) is 10.1 Å². The molecule has 1 N–H and O–H groups in total. The van der Waals surface area contributed by atoms with Crippen LogP contribution in [0.5, 0.6) is 0 Å². The van der Waals surface area contributed by atoms with Crippen LogP contribution in [0, 0.1) is 22.9 Å². The first kappa shape index (κ1) is 16.9. The molecule has 0 aliphatic rings. The molecule has 1 rings (SSSR count). The number of hydrogen-bond acceptors (Lipinski definition) is 4. The van der Waals surface area contributed by atoms with Crippen LogP contribution >= 0.6 is 0 Å². The molecule has 0 aliphatic heterocycles. The summed E-state index contributed by atoms with van der Waals surface area (Å²) in [5.41, 5.74) is 0.174. The number of nitrogens with zero attached hydrogens (tertiary/aromatic N) is 1. The molecule has 0 bridgehead atoms. The van der Waals surface area contributed by atoms with Crippen molar-refractivity contribution in [2.75, 3.05) is 0 Å². The molecule has 0 amide bonds. The van der Waals surface area contributed by atoms with Gasteiger partial charge in [0.1, 0.15) is 10.6 Å². The van der Waals surface area contributed by atoms with E-state index in [0.29, 0.717) is 0 Å². The lowest BCUT2D eigenvalue weighted by Gasteiger charge is -2.26. The molecule has 2 atom stereocenters. The highest BCUT2D eigenvalue weighted by Crippen LogP contribution is 2.27. The van der Waals surface area contributed by atoms with Crippen LogP contribution < -0.4 is 4.72 Å². The van der Waals surface area contributed by atoms with E-state index in [0.717, 1.165) is 0 Å². The summed E-state index contributed by atoms with van der Waals surface area (Å²) in [5, 5.41) is 10.8. The second kappa shape index (κ2) is 6.07. The molecular formula is C13H19FN2O3S. The Labute approximate surface area is 121 Å². The standard InChI is InChI=1S/C13H19FN2O3S/c1-8-6-10(16(17)18)7-11(12(8)14)9(2)15-20(19)13(3,4)5/h6-7,9,15H,1-5H3/t9-,20?/m0/s1. The minimum absolute atomic E-state index is 0.148. The largest absolute Gasteiger partial charge is 0.598 e. The average Bonchev–Trinajstić information content (AvgIpc) is 2.30. The molecule has 0 fully saturated rings. The lowest BCUT2D eigenvalue weighted by molar-refractivity contribution is -0.385. The maximum atomic E-state index is 14.1. The molecule has 1 aromatic rings. The smallest absolute Gasteiger partial charge is 0.270 e. The first-order valence-corrected chi connectivity index (χ1v) is 7.31. The highest BCUT2D eigenvalue weighted by molar-refractivity contribution is 7.90. The summed E-state index contributed by atoms with van der Waals surface area (Å²) in [6.07, 6.45) is 0. The second-order valence-corrected chi connectivity index (χ2v) is 7.64. The zero-order valence-electron chi connectivity index (χ0n) is 12.2. The highest BCUT2D eigenvalue weighted by atomic mass is 32.2.